The van der Waals surface area contributed by atoms with Crippen LogP contribution < -0.4 is 10.0 Å². The lowest BCUT2D eigenvalue weighted by Gasteiger charge is -2.29. The third-order valence-electron chi connectivity index (χ3n) is 4.77. The van der Waals surface area contributed by atoms with Gasteiger partial charge in [0.25, 0.3) is 10.5 Å². The monoisotopic (exact) mass is 538 g/mol. The largest absolute Gasteiger partial charge is 0.348 e. The van der Waals surface area contributed by atoms with E-state index in [0.29, 0.717) is 5.02 Å². The highest BCUT2D eigenvalue weighted by atomic mass is 79.9. The molecule has 3 aromatic rings. The number of carbonyl (C=O) groups excluding carboxylic acids is 1. The van der Waals surface area contributed by atoms with Crippen molar-refractivity contribution in [3.05, 3.63) is 101 Å². The normalized spacial score (nSPS) is 14.4. The fourth-order valence-electron chi connectivity index (χ4n) is 2.97. The Balaban J connectivity index is 1.91. The molecule has 2 atom stereocenters. The maximum atomic E-state index is 15.9. The summed E-state index contributed by atoms with van der Waals surface area (Å²) >= 11 is 8.77. The van der Waals surface area contributed by atoms with Gasteiger partial charge in [-0.1, -0.05) is 71.8 Å². The van der Waals surface area contributed by atoms with Gasteiger partial charge in [-0.25, -0.2) is 12.8 Å². The summed E-state index contributed by atoms with van der Waals surface area (Å²) in [6.45, 7) is 1.90. The molecule has 0 aromatic heterocycles. The molecule has 0 unspecified atom stereocenters. The third kappa shape index (κ3) is 5.95. The molecule has 32 heavy (non-hydrogen) atoms. The van der Waals surface area contributed by atoms with E-state index in [9.17, 15) is 13.2 Å². The second-order valence-electron chi connectivity index (χ2n) is 7.21. The number of carbonyl (C=O) groups is 1. The maximum Gasteiger partial charge on any atom is 0.271 e. The first kappa shape index (κ1) is 24.4. The number of rotatable bonds is 8. The number of alkyl halides is 2. The molecule has 0 radical (unpaired) electrons. The number of nitrogens with one attached hydrogen (secondary N) is 2. The molecule has 3 aromatic carbocycles. The van der Waals surface area contributed by atoms with E-state index in [-0.39, 0.29) is 17.0 Å². The minimum atomic E-state index is -4.15. The summed E-state index contributed by atoms with van der Waals surface area (Å²) < 4.78 is 41.4. The van der Waals surface area contributed by atoms with Gasteiger partial charge in [-0.2, -0.15) is 4.72 Å². The zero-order valence-corrected chi connectivity index (χ0v) is 20.2. The van der Waals surface area contributed by atoms with Crippen molar-refractivity contribution in [2.24, 2.45) is 0 Å². The van der Waals surface area contributed by atoms with E-state index >= 15 is 4.39 Å². The van der Waals surface area contributed by atoms with Gasteiger partial charge in [0, 0.05) is 11.6 Å². The predicted molar refractivity (Wildman–Crippen MR) is 127 cm³/mol. The molecule has 0 bridgehead atoms. The number of benzene rings is 3. The highest BCUT2D eigenvalue weighted by Gasteiger charge is 2.47. The number of halogens is 3. The number of sulfonamides is 1. The lowest BCUT2D eigenvalue weighted by molar-refractivity contribution is -0.128. The van der Waals surface area contributed by atoms with Crippen LogP contribution in [0.25, 0.3) is 0 Å². The molecule has 0 saturated heterocycles. The van der Waals surface area contributed by atoms with Gasteiger partial charge >= 0.3 is 0 Å². The Bertz CT molecular complexity index is 1170. The van der Waals surface area contributed by atoms with E-state index in [4.69, 9.17) is 11.6 Å². The van der Waals surface area contributed by atoms with E-state index in [1.165, 1.54) is 36.4 Å². The fourth-order valence-corrected chi connectivity index (χ4v) is 5.01. The number of hydrogen-bond donors (Lipinski definition) is 2. The second-order valence-corrected chi connectivity index (χ2v) is 10.5. The van der Waals surface area contributed by atoms with Crippen LogP contribution in [0, 0.1) is 6.92 Å². The molecule has 0 fully saturated rings. The van der Waals surface area contributed by atoms with Gasteiger partial charge in [0.15, 0.2) is 0 Å². The molecule has 0 aliphatic rings. The van der Waals surface area contributed by atoms with E-state index in [1.807, 2.05) is 13.0 Å². The minimum Gasteiger partial charge on any atom is -0.348 e. The van der Waals surface area contributed by atoms with Crippen LogP contribution in [0.4, 0.5) is 4.39 Å². The first-order valence-electron chi connectivity index (χ1n) is 9.64. The zero-order valence-electron chi connectivity index (χ0n) is 17.1. The maximum absolute atomic E-state index is 15.9. The van der Waals surface area contributed by atoms with Crippen molar-refractivity contribution in [1.29, 1.82) is 0 Å². The van der Waals surface area contributed by atoms with E-state index in [0.717, 1.165) is 11.1 Å². The first-order valence-corrected chi connectivity index (χ1v) is 12.3. The summed E-state index contributed by atoms with van der Waals surface area (Å²) in [7, 11) is -4.15. The predicted octanol–water partition coefficient (Wildman–Crippen LogP) is 5.05. The Labute approximate surface area is 200 Å². The van der Waals surface area contributed by atoms with Crippen molar-refractivity contribution in [2.45, 2.75) is 29.0 Å². The van der Waals surface area contributed by atoms with Crippen molar-refractivity contribution >= 4 is 43.5 Å². The van der Waals surface area contributed by atoms with Crippen LogP contribution in [-0.2, 0) is 21.4 Å². The smallest absolute Gasteiger partial charge is 0.271 e. The standard InChI is InChI=1S/C23H21BrClFN2O3S/c1-16-7-13-20(14-8-16)32(30,31)28-21(18-9-11-19(25)12-10-18)23(24,26)22(29)27-15-17-5-3-2-4-6-17/h2-14,21,28H,15H2,1H3,(H,27,29)/t21-,23+/m1/s1. The van der Waals surface area contributed by atoms with Crippen molar-refractivity contribution in [2.75, 3.05) is 0 Å². The molecule has 1 amide bonds. The highest BCUT2D eigenvalue weighted by Crippen LogP contribution is 2.37. The molecule has 0 heterocycles. The Hall–Kier alpha value is -2.26. The highest BCUT2D eigenvalue weighted by molar-refractivity contribution is 9.10. The minimum absolute atomic E-state index is 0.0462. The molecule has 0 aliphatic carbocycles. The SMILES string of the molecule is Cc1ccc(S(=O)(=O)N[C@H](c2ccc(Cl)cc2)[C@@](F)(Br)C(=O)NCc2ccccc2)cc1. The Kier molecular flexibility index (Phi) is 7.71. The van der Waals surface area contributed by atoms with Crippen molar-refractivity contribution < 1.29 is 17.6 Å². The van der Waals surface area contributed by atoms with Crippen molar-refractivity contribution in [1.82, 2.24) is 10.0 Å². The molecule has 0 spiro atoms. The molecule has 5 nitrogen and oxygen atoms in total. The average Bonchev–Trinajstić information content (AvgIpc) is 2.77. The zero-order chi connectivity index (χ0) is 23.4. The summed E-state index contributed by atoms with van der Waals surface area (Å²) in [5, 5.41) is 2.90. The van der Waals surface area contributed by atoms with Crippen LogP contribution in [0.1, 0.15) is 22.7 Å². The van der Waals surface area contributed by atoms with E-state index < -0.39 is 26.6 Å². The summed E-state index contributed by atoms with van der Waals surface area (Å²) in [5.74, 6) is -1.02. The van der Waals surface area contributed by atoms with Gasteiger partial charge in [0.1, 0.15) is 6.04 Å². The van der Waals surface area contributed by atoms with E-state index in [2.05, 4.69) is 26.0 Å². The van der Waals surface area contributed by atoms with Crippen molar-refractivity contribution in [3.8, 4) is 0 Å². The lowest BCUT2D eigenvalue weighted by atomic mass is 10.0. The summed E-state index contributed by atoms with van der Waals surface area (Å²) in [6, 6.07) is 19.4. The average molecular weight is 540 g/mol. The first-order chi connectivity index (χ1) is 15.1. The van der Waals surface area contributed by atoms with Crippen LogP contribution in [0.5, 0.6) is 0 Å². The van der Waals surface area contributed by atoms with Gasteiger partial charge in [-0.15, -0.1) is 0 Å². The Morgan fingerprint density at radius 2 is 1.62 bits per heavy atom. The summed E-state index contributed by atoms with van der Waals surface area (Å²) in [5.41, 5.74) is 1.87. The molecule has 9 heteroatoms. The number of hydrogen-bond acceptors (Lipinski definition) is 3. The number of aryl methyl sites for hydroxylation is 1. The molecule has 0 aliphatic heterocycles. The topological polar surface area (TPSA) is 75.3 Å². The molecule has 3 rings (SSSR count). The van der Waals surface area contributed by atoms with Crippen LogP contribution >= 0.6 is 27.5 Å². The van der Waals surface area contributed by atoms with Gasteiger partial charge in [-0.3, -0.25) is 4.79 Å². The second kappa shape index (κ2) is 10.1. The van der Waals surface area contributed by atoms with Gasteiger partial charge < -0.3 is 5.32 Å². The quantitative estimate of drug-likeness (QED) is 0.394. The van der Waals surface area contributed by atoms with Crippen molar-refractivity contribution in [3.63, 3.8) is 0 Å². The van der Waals surface area contributed by atoms with Gasteiger partial charge in [-0.05, 0) is 58.2 Å². The van der Waals surface area contributed by atoms with Crippen LogP contribution in [0.2, 0.25) is 5.02 Å². The summed E-state index contributed by atoms with van der Waals surface area (Å²) in [6.07, 6.45) is 0. The summed E-state index contributed by atoms with van der Waals surface area (Å²) in [4.78, 5) is 12.7. The Morgan fingerprint density at radius 3 is 2.22 bits per heavy atom. The van der Waals surface area contributed by atoms with Gasteiger partial charge in [0.05, 0.1) is 4.90 Å². The van der Waals surface area contributed by atoms with Crippen LogP contribution in [-0.4, -0.2) is 18.9 Å². The molecular formula is C23H21BrClFN2O3S. The third-order valence-corrected chi connectivity index (χ3v) is 7.28. The Morgan fingerprint density at radius 1 is 1.03 bits per heavy atom. The molecular weight excluding hydrogens is 519 g/mol. The van der Waals surface area contributed by atoms with Gasteiger partial charge in [0.2, 0.25) is 10.0 Å². The van der Waals surface area contributed by atoms with E-state index in [1.54, 1.807) is 36.4 Å². The van der Waals surface area contributed by atoms with Crippen LogP contribution in [0.15, 0.2) is 83.8 Å². The number of amides is 1. The van der Waals surface area contributed by atoms with Crippen LogP contribution in [0.3, 0.4) is 0 Å². The molecule has 2 N–H and O–H groups in total. The lowest BCUT2D eigenvalue weighted by Crippen LogP contribution is -2.49. The fraction of sp³-hybridized carbons (Fsp3) is 0.174. The molecule has 168 valence electrons. The molecule has 0 saturated carbocycles.